The lowest BCUT2D eigenvalue weighted by Gasteiger charge is -2.14. The van der Waals surface area contributed by atoms with E-state index in [1.54, 1.807) is 18.9 Å². The second-order valence-corrected chi connectivity index (χ2v) is 5.17. The summed E-state index contributed by atoms with van der Waals surface area (Å²) in [7, 11) is 1.68. The fourth-order valence-corrected chi connectivity index (χ4v) is 2.34. The van der Waals surface area contributed by atoms with Crippen molar-refractivity contribution < 1.29 is 18.0 Å². The number of amides is 1. The molecule has 0 radical (unpaired) electrons. The number of rotatable bonds is 2. The molecule has 22 heavy (non-hydrogen) atoms. The summed E-state index contributed by atoms with van der Waals surface area (Å²) in [6.07, 6.45) is -4.08. The average Bonchev–Trinajstić information content (AvgIpc) is 2.97. The molecule has 2 aromatic rings. The quantitative estimate of drug-likeness (QED) is 0.898. The summed E-state index contributed by atoms with van der Waals surface area (Å²) in [5.41, 5.74) is 0.481. The SMILES string of the molecule is Cc1cc(NC2CCN(C)C2=O)n2nc(C(F)(F)F)nc2n1. The largest absolute Gasteiger partial charge is 0.453 e. The number of nitrogens with one attached hydrogen (secondary N) is 1. The van der Waals surface area contributed by atoms with E-state index >= 15 is 0 Å². The first-order valence-electron chi connectivity index (χ1n) is 6.59. The van der Waals surface area contributed by atoms with Crippen molar-refractivity contribution in [3.05, 3.63) is 17.6 Å². The Balaban J connectivity index is 2.01. The lowest BCUT2D eigenvalue weighted by molar-refractivity contribution is -0.144. The minimum Gasteiger partial charge on any atom is -0.358 e. The molecular weight excluding hydrogens is 301 g/mol. The Kier molecular flexibility index (Phi) is 3.18. The van der Waals surface area contributed by atoms with Crippen molar-refractivity contribution in [1.29, 1.82) is 0 Å². The minimum absolute atomic E-state index is 0.112. The maximum atomic E-state index is 12.7. The number of carbonyl (C=O) groups excluding carboxylic acids is 1. The van der Waals surface area contributed by atoms with Crippen molar-refractivity contribution in [3.63, 3.8) is 0 Å². The van der Waals surface area contributed by atoms with Crippen LogP contribution in [-0.2, 0) is 11.0 Å². The highest BCUT2D eigenvalue weighted by molar-refractivity contribution is 5.86. The molecule has 0 saturated carbocycles. The van der Waals surface area contributed by atoms with Crippen LogP contribution in [-0.4, -0.2) is 50.0 Å². The number of carbonyl (C=O) groups is 1. The molecule has 1 aliphatic rings. The van der Waals surface area contributed by atoms with Gasteiger partial charge in [-0.05, 0) is 13.3 Å². The Morgan fingerprint density at radius 1 is 1.36 bits per heavy atom. The van der Waals surface area contributed by atoms with Crippen molar-refractivity contribution in [2.24, 2.45) is 0 Å². The van der Waals surface area contributed by atoms with Crippen molar-refractivity contribution in [1.82, 2.24) is 24.5 Å². The van der Waals surface area contributed by atoms with E-state index in [1.165, 1.54) is 6.07 Å². The molecule has 1 amide bonds. The highest BCUT2D eigenvalue weighted by Gasteiger charge is 2.37. The van der Waals surface area contributed by atoms with E-state index in [4.69, 9.17) is 0 Å². The zero-order valence-corrected chi connectivity index (χ0v) is 11.8. The Hall–Kier alpha value is -2.39. The van der Waals surface area contributed by atoms with Crippen LogP contribution in [0.5, 0.6) is 0 Å². The Bertz CT molecular complexity index is 740. The summed E-state index contributed by atoms with van der Waals surface area (Å²) < 4.78 is 39.2. The lowest BCUT2D eigenvalue weighted by atomic mass is 10.2. The summed E-state index contributed by atoms with van der Waals surface area (Å²) in [5, 5.41) is 6.37. The second kappa shape index (κ2) is 4.82. The highest BCUT2D eigenvalue weighted by atomic mass is 19.4. The summed E-state index contributed by atoms with van der Waals surface area (Å²) in [4.78, 5) is 20.8. The molecule has 0 bridgehead atoms. The van der Waals surface area contributed by atoms with Gasteiger partial charge in [0.2, 0.25) is 5.91 Å². The summed E-state index contributed by atoms with van der Waals surface area (Å²) in [6, 6.07) is 1.04. The van der Waals surface area contributed by atoms with Gasteiger partial charge in [-0.3, -0.25) is 4.79 Å². The number of halogens is 3. The van der Waals surface area contributed by atoms with Crippen molar-refractivity contribution in [3.8, 4) is 0 Å². The molecule has 1 N–H and O–H groups in total. The molecule has 0 spiro atoms. The average molecular weight is 314 g/mol. The first kappa shape index (κ1) is 14.5. The second-order valence-electron chi connectivity index (χ2n) is 5.17. The van der Waals surface area contributed by atoms with E-state index in [0.29, 0.717) is 18.7 Å². The molecule has 1 unspecified atom stereocenters. The van der Waals surface area contributed by atoms with Crippen LogP contribution >= 0.6 is 0 Å². The molecule has 118 valence electrons. The molecule has 0 aromatic carbocycles. The van der Waals surface area contributed by atoms with Gasteiger partial charge in [0.25, 0.3) is 11.6 Å². The normalized spacial score (nSPS) is 19.2. The number of alkyl halides is 3. The third-order valence-electron chi connectivity index (χ3n) is 3.44. The number of aryl methyl sites for hydroxylation is 1. The van der Waals surface area contributed by atoms with Crippen LogP contribution < -0.4 is 5.32 Å². The van der Waals surface area contributed by atoms with E-state index < -0.39 is 18.0 Å². The number of hydrogen-bond donors (Lipinski definition) is 1. The molecule has 1 aliphatic heterocycles. The zero-order valence-electron chi connectivity index (χ0n) is 11.8. The number of likely N-dealkylation sites (tertiary alicyclic amines) is 1. The van der Waals surface area contributed by atoms with Crippen molar-refractivity contribution in [2.75, 3.05) is 18.9 Å². The van der Waals surface area contributed by atoms with Gasteiger partial charge >= 0.3 is 6.18 Å². The van der Waals surface area contributed by atoms with Gasteiger partial charge in [-0.2, -0.15) is 22.7 Å². The van der Waals surface area contributed by atoms with Gasteiger partial charge in [-0.1, -0.05) is 0 Å². The molecule has 7 nitrogen and oxygen atoms in total. The third kappa shape index (κ3) is 2.44. The standard InChI is InChI=1S/C12H13F3N6O/c1-6-5-8(17-7-3-4-20(2)9(7)22)21-11(16-6)18-10(19-21)12(13,14)15/h5,7,17H,3-4H2,1-2H3. The molecule has 1 atom stereocenters. The van der Waals surface area contributed by atoms with E-state index in [1.807, 2.05) is 0 Å². The summed E-state index contributed by atoms with van der Waals surface area (Å²) in [5.74, 6) is -1.27. The van der Waals surface area contributed by atoms with Crippen LogP contribution in [0.4, 0.5) is 19.0 Å². The van der Waals surface area contributed by atoms with Crippen LogP contribution in [0.25, 0.3) is 5.78 Å². The van der Waals surface area contributed by atoms with Gasteiger partial charge < -0.3 is 10.2 Å². The van der Waals surface area contributed by atoms with Gasteiger partial charge in [-0.25, -0.2) is 4.98 Å². The van der Waals surface area contributed by atoms with E-state index in [-0.39, 0.29) is 17.5 Å². The van der Waals surface area contributed by atoms with Gasteiger partial charge in [0, 0.05) is 25.4 Å². The maximum Gasteiger partial charge on any atom is 0.453 e. The smallest absolute Gasteiger partial charge is 0.358 e. The molecule has 1 saturated heterocycles. The molecule has 2 aromatic heterocycles. The maximum absolute atomic E-state index is 12.7. The molecule has 3 rings (SSSR count). The van der Waals surface area contributed by atoms with Crippen LogP contribution in [0.15, 0.2) is 6.07 Å². The van der Waals surface area contributed by atoms with Crippen molar-refractivity contribution in [2.45, 2.75) is 25.6 Å². The first-order chi connectivity index (χ1) is 10.3. The van der Waals surface area contributed by atoms with E-state index in [2.05, 4.69) is 20.4 Å². The molecule has 10 heteroatoms. The number of aromatic nitrogens is 4. The summed E-state index contributed by atoms with van der Waals surface area (Å²) in [6.45, 7) is 2.23. The van der Waals surface area contributed by atoms with Gasteiger partial charge in [0.05, 0.1) is 0 Å². The fraction of sp³-hybridized carbons (Fsp3) is 0.500. The Labute approximate surface area is 123 Å². The van der Waals surface area contributed by atoms with Crippen LogP contribution in [0, 0.1) is 6.92 Å². The van der Waals surface area contributed by atoms with Gasteiger partial charge in [0.1, 0.15) is 11.9 Å². The van der Waals surface area contributed by atoms with Gasteiger partial charge in [0.15, 0.2) is 0 Å². The topological polar surface area (TPSA) is 75.4 Å². The highest BCUT2D eigenvalue weighted by Crippen LogP contribution is 2.27. The molecule has 3 heterocycles. The number of anilines is 1. The third-order valence-corrected chi connectivity index (χ3v) is 3.44. The predicted molar refractivity (Wildman–Crippen MR) is 70.2 cm³/mol. The Morgan fingerprint density at radius 3 is 2.68 bits per heavy atom. The van der Waals surface area contributed by atoms with E-state index in [9.17, 15) is 18.0 Å². The fourth-order valence-electron chi connectivity index (χ4n) is 2.34. The number of likely N-dealkylation sites (N-methyl/N-ethyl adjacent to an activating group) is 1. The lowest BCUT2D eigenvalue weighted by Crippen LogP contribution is -2.31. The zero-order chi connectivity index (χ0) is 16.1. The monoisotopic (exact) mass is 314 g/mol. The van der Waals surface area contributed by atoms with Gasteiger partial charge in [-0.15, -0.1) is 5.10 Å². The van der Waals surface area contributed by atoms with E-state index in [0.717, 1.165) is 4.52 Å². The molecule has 1 fully saturated rings. The number of hydrogen-bond acceptors (Lipinski definition) is 5. The molecule has 0 aliphatic carbocycles. The van der Waals surface area contributed by atoms with Crippen molar-refractivity contribution >= 4 is 17.5 Å². The van der Waals surface area contributed by atoms with Crippen LogP contribution in [0.3, 0.4) is 0 Å². The summed E-state index contributed by atoms with van der Waals surface area (Å²) >= 11 is 0. The van der Waals surface area contributed by atoms with Crippen LogP contribution in [0.1, 0.15) is 17.9 Å². The minimum atomic E-state index is -4.65. The van der Waals surface area contributed by atoms with Crippen LogP contribution in [0.2, 0.25) is 0 Å². The molecular formula is C12H13F3N6O. The Morgan fingerprint density at radius 2 is 2.09 bits per heavy atom. The predicted octanol–water partition coefficient (Wildman–Crippen LogP) is 1.09. The first-order valence-corrected chi connectivity index (χ1v) is 6.59. The number of nitrogens with zero attached hydrogens (tertiary/aromatic N) is 5. The number of fused-ring (bicyclic) bond motifs is 1.